The van der Waals surface area contributed by atoms with Gasteiger partial charge in [0.15, 0.2) is 5.83 Å². The molecule has 2 aromatic rings. The second-order valence-corrected chi connectivity index (χ2v) is 8.96. The Morgan fingerprint density at radius 1 is 1.27 bits per heavy atom. The number of anilines is 1. The molecular formula is C24H27F2N6O+. The van der Waals surface area contributed by atoms with Crippen molar-refractivity contribution in [3.05, 3.63) is 59.3 Å². The summed E-state index contributed by atoms with van der Waals surface area (Å²) < 4.78 is 27.6. The monoisotopic (exact) mass is 453 g/mol. The average molecular weight is 454 g/mol. The van der Waals surface area contributed by atoms with Gasteiger partial charge >= 0.3 is 0 Å². The SMILES string of the molecule is C[NH2+]/C=C1/C=C(c2ccc3nc(N4CC[C@@H](NC5(CF)CC5)C4)ccc3n2)C(=O)C(F)=C1N. The van der Waals surface area contributed by atoms with Gasteiger partial charge in [0.1, 0.15) is 18.7 Å². The Kier molecular flexibility index (Phi) is 5.46. The fraction of sp³-hybridized carbons (Fsp3) is 0.375. The molecule has 2 fully saturated rings. The number of hydrogen-bond acceptors (Lipinski definition) is 6. The van der Waals surface area contributed by atoms with Crippen LogP contribution in [0.25, 0.3) is 16.6 Å². The maximum atomic E-state index is 14.4. The van der Waals surface area contributed by atoms with Crippen LogP contribution in [0, 0.1) is 0 Å². The highest BCUT2D eigenvalue weighted by molar-refractivity contribution is 6.29. The smallest absolute Gasteiger partial charge is 0.225 e. The molecule has 3 aliphatic rings. The van der Waals surface area contributed by atoms with E-state index in [-0.39, 0.29) is 29.5 Å². The van der Waals surface area contributed by atoms with Crippen molar-refractivity contribution in [2.45, 2.75) is 30.8 Å². The van der Waals surface area contributed by atoms with Crippen LogP contribution in [0.4, 0.5) is 14.6 Å². The van der Waals surface area contributed by atoms with E-state index in [0.717, 1.165) is 38.2 Å². The number of nitrogens with one attached hydrogen (secondary N) is 1. The van der Waals surface area contributed by atoms with Gasteiger partial charge < -0.3 is 21.3 Å². The van der Waals surface area contributed by atoms with Crippen molar-refractivity contribution in [1.29, 1.82) is 0 Å². The molecule has 1 atom stereocenters. The molecule has 2 aromatic heterocycles. The maximum Gasteiger partial charge on any atom is 0.225 e. The number of alkyl halides is 1. The Bertz CT molecular complexity index is 1220. The Hall–Kier alpha value is -3.17. The first kappa shape index (κ1) is 21.7. The van der Waals surface area contributed by atoms with E-state index in [1.807, 2.05) is 12.1 Å². The van der Waals surface area contributed by atoms with E-state index < -0.39 is 11.6 Å². The molecule has 172 valence electrons. The van der Waals surface area contributed by atoms with Crippen molar-refractivity contribution in [3.8, 4) is 0 Å². The normalized spacial score (nSPS) is 23.5. The van der Waals surface area contributed by atoms with Crippen LogP contribution in [0.2, 0.25) is 0 Å². The summed E-state index contributed by atoms with van der Waals surface area (Å²) >= 11 is 0. The maximum absolute atomic E-state index is 14.4. The highest BCUT2D eigenvalue weighted by Crippen LogP contribution is 2.37. The molecule has 5 rings (SSSR count). The number of pyridine rings is 2. The first-order valence-corrected chi connectivity index (χ1v) is 11.2. The molecule has 33 heavy (non-hydrogen) atoms. The van der Waals surface area contributed by atoms with Gasteiger partial charge in [-0.1, -0.05) is 0 Å². The van der Waals surface area contributed by atoms with Crippen molar-refractivity contribution in [2.75, 3.05) is 31.7 Å². The number of rotatable bonds is 6. The number of nitrogens with zero attached hydrogens (tertiary/aromatic N) is 3. The third-order valence-electron chi connectivity index (χ3n) is 6.57. The Balaban J connectivity index is 1.37. The number of Topliss-reactive ketones (excluding diaryl/α,β-unsaturated/α-hetero) is 1. The van der Waals surface area contributed by atoms with E-state index >= 15 is 0 Å². The van der Waals surface area contributed by atoms with Gasteiger partial charge in [0.25, 0.3) is 0 Å². The molecule has 0 radical (unpaired) electrons. The Labute approximate surface area is 190 Å². The van der Waals surface area contributed by atoms with Crippen LogP contribution in [0.3, 0.4) is 0 Å². The third-order valence-corrected chi connectivity index (χ3v) is 6.57. The van der Waals surface area contributed by atoms with Gasteiger partial charge in [-0.05, 0) is 49.6 Å². The lowest BCUT2D eigenvalue weighted by atomic mass is 9.95. The van der Waals surface area contributed by atoms with Crippen LogP contribution in [-0.2, 0) is 4.79 Å². The number of hydrogen-bond donors (Lipinski definition) is 3. The van der Waals surface area contributed by atoms with Gasteiger partial charge in [-0.15, -0.1) is 0 Å². The minimum atomic E-state index is -0.964. The van der Waals surface area contributed by atoms with Crippen LogP contribution in [0.5, 0.6) is 0 Å². The van der Waals surface area contributed by atoms with Gasteiger partial charge in [-0.2, -0.15) is 0 Å². The van der Waals surface area contributed by atoms with E-state index in [0.29, 0.717) is 22.3 Å². The lowest BCUT2D eigenvalue weighted by molar-refractivity contribution is -0.557. The Morgan fingerprint density at radius 2 is 2.03 bits per heavy atom. The van der Waals surface area contributed by atoms with Crippen molar-refractivity contribution in [3.63, 3.8) is 0 Å². The molecule has 1 aliphatic heterocycles. The number of ketones is 1. The zero-order chi connectivity index (χ0) is 23.2. The fourth-order valence-electron chi connectivity index (χ4n) is 4.49. The molecule has 1 saturated carbocycles. The summed E-state index contributed by atoms with van der Waals surface area (Å²) in [5.74, 6) is -0.895. The zero-order valence-corrected chi connectivity index (χ0v) is 18.4. The van der Waals surface area contributed by atoms with E-state index in [4.69, 9.17) is 10.7 Å². The fourth-order valence-corrected chi connectivity index (χ4v) is 4.49. The molecule has 9 heteroatoms. The predicted molar refractivity (Wildman–Crippen MR) is 122 cm³/mol. The number of aromatic nitrogens is 2. The van der Waals surface area contributed by atoms with Crippen molar-refractivity contribution in [1.82, 2.24) is 15.3 Å². The molecule has 0 aromatic carbocycles. The zero-order valence-electron chi connectivity index (χ0n) is 18.4. The van der Waals surface area contributed by atoms with Crippen LogP contribution in [0.15, 0.2) is 53.6 Å². The molecule has 3 heterocycles. The molecular weight excluding hydrogens is 426 g/mol. The minimum Gasteiger partial charge on any atom is -0.396 e. The van der Waals surface area contributed by atoms with Gasteiger partial charge in [0.05, 0.1) is 40.6 Å². The summed E-state index contributed by atoms with van der Waals surface area (Å²) in [5.41, 5.74) is 7.57. The molecule has 0 bridgehead atoms. The lowest BCUT2D eigenvalue weighted by Gasteiger charge is -2.21. The number of nitrogens with two attached hydrogens (primary N) is 2. The number of carbonyl (C=O) groups is 1. The first-order valence-electron chi connectivity index (χ1n) is 11.2. The summed E-state index contributed by atoms with van der Waals surface area (Å²) in [5, 5.41) is 5.21. The minimum absolute atomic E-state index is 0.161. The van der Waals surface area contributed by atoms with Gasteiger partial charge in [0.2, 0.25) is 5.78 Å². The van der Waals surface area contributed by atoms with Crippen molar-refractivity contribution < 1.29 is 18.9 Å². The van der Waals surface area contributed by atoms with Crippen molar-refractivity contribution >= 4 is 28.2 Å². The summed E-state index contributed by atoms with van der Waals surface area (Å²) in [6.45, 7) is 1.32. The summed E-state index contributed by atoms with van der Waals surface area (Å²) in [7, 11) is 1.79. The summed E-state index contributed by atoms with van der Waals surface area (Å²) in [4.78, 5) is 24.0. The Morgan fingerprint density at radius 3 is 2.76 bits per heavy atom. The van der Waals surface area contributed by atoms with Gasteiger partial charge in [0, 0.05) is 24.7 Å². The topological polar surface area (TPSA) is 101 Å². The molecule has 7 nitrogen and oxygen atoms in total. The third kappa shape index (κ3) is 4.02. The number of carbonyl (C=O) groups excluding carboxylic acids is 1. The number of halogens is 2. The molecule has 2 aliphatic carbocycles. The molecule has 0 amide bonds. The quantitative estimate of drug-likeness (QED) is 0.613. The van der Waals surface area contributed by atoms with Crippen LogP contribution >= 0.6 is 0 Å². The van der Waals surface area contributed by atoms with E-state index in [1.165, 1.54) is 0 Å². The standard InChI is InChI=1S/C24H26F2N6O/c1-28-11-14-10-16(23(33)21(26)22(14)27)17-2-3-19-18(29-17)4-5-20(30-19)32-9-6-15(12-32)31-24(13-25)7-8-24/h2-5,10-11,15,28,31H,6-9,12-13,27H2,1H3/p+1/b14-11-/t15-/m1/s1. The molecule has 1 saturated heterocycles. The number of fused-ring (bicyclic) bond motifs is 1. The summed E-state index contributed by atoms with van der Waals surface area (Å²) in [6.07, 6.45) is 5.98. The van der Waals surface area contributed by atoms with Gasteiger partial charge in [-0.3, -0.25) is 4.79 Å². The second kappa shape index (κ2) is 8.31. The average Bonchev–Trinajstić information content (AvgIpc) is 3.45. The van der Waals surface area contributed by atoms with E-state index in [1.54, 1.807) is 36.8 Å². The largest absolute Gasteiger partial charge is 0.396 e. The van der Waals surface area contributed by atoms with Crippen LogP contribution in [0.1, 0.15) is 25.0 Å². The number of allylic oxidation sites excluding steroid dienone is 3. The summed E-state index contributed by atoms with van der Waals surface area (Å²) in [6, 6.07) is 7.48. The van der Waals surface area contributed by atoms with Gasteiger partial charge in [-0.25, -0.2) is 18.7 Å². The number of quaternary nitrogens is 1. The van der Waals surface area contributed by atoms with Crippen molar-refractivity contribution in [2.24, 2.45) is 5.73 Å². The van der Waals surface area contributed by atoms with E-state index in [2.05, 4.69) is 15.2 Å². The highest BCUT2D eigenvalue weighted by atomic mass is 19.1. The molecule has 0 spiro atoms. The van der Waals surface area contributed by atoms with Crippen LogP contribution in [-0.4, -0.2) is 54.1 Å². The lowest BCUT2D eigenvalue weighted by Crippen LogP contribution is -2.73. The second-order valence-electron chi connectivity index (χ2n) is 8.96. The predicted octanol–water partition coefficient (Wildman–Crippen LogP) is 1.48. The molecule has 5 N–H and O–H groups in total. The first-order chi connectivity index (χ1) is 15.9. The highest BCUT2D eigenvalue weighted by Gasteiger charge is 2.45. The molecule has 0 unspecified atom stereocenters. The van der Waals surface area contributed by atoms with E-state index in [9.17, 15) is 13.6 Å². The van der Waals surface area contributed by atoms with Crippen LogP contribution < -0.4 is 21.3 Å².